The summed E-state index contributed by atoms with van der Waals surface area (Å²) in [6, 6.07) is 18.0. The lowest BCUT2D eigenvalue weighted by molar-refractivity contribution is 0.0955. The summed E-state index contributed by atoms with van der Waals surface area (Å²) in [7, 11) is 0. The lowest BCUT2D eigenvalue weighted by Crippen LogP contribution is -1.99. The second kappa shape index (κ2) is 5.74. The number of benzene rings is 2. The van der Waals surface area contributed by atoms with Crippen LogP contribution in [0.5, 0.6) is 0 Å². The average Bonchev–Trinajstić information content (AvgIpc) is 2.92. The Morgan fingerprint density at radius 2 is 1.70 bits per heavy atom. The number of aryl methyl sites for hydroxylation is 1. The largest absolute Gasteiger partial charge is 0.460 e. The molecule has 0 radical (unpaired) electrons. The number of rotatable bonds is 5. The van der Waals surface area contributed by atoms with Crippen molar-refractivity contribution in [3.63, 3.8) is 0 Å². The van der Waals surface area contributed by atoms with E-state index in [1.165, 1.54) is 5.56 Å². The van der Waals surface area contributed by atoms with Crippen molar-refractivity contribution >= 4 is 16.6 Å². The van der Waals surface area contributed by atoms with Gasteiger partial charge in [-0.25, -0.2) is 0 Å². The van der Waals surface area contributed by atoms with Gasteiger partial charge < -0.3 is 4.42 Å². The van der Waals surface area contributed by atoms with E-state index in [0.29, 0.717) is 12.2 Å². The highest BCUT2D eigenvalue weighted by atomic mass is 16.3. The van der Waals surface area contributed by atoms with Gasteiger partial charge in [-0.1, -0.05) is 54.6 Å². The first-order valence-electron chi connectivity index (χ1n) is 6.88. The third kappa shape index (κ3) is 2.64. The molecular formula is C18H16O2. The molecule has 0 unspecified atom stereocenters. The highest BCUT2D eigenvalue weighted by Crippen LogP contribution is 2.22. The van der Waals surface area contributed by atoms with Crippen LogP contribution in [0.2, 0.25) is 0 Å². The molecule has 1 aromatic heterocycles. The first-order valence-corrected chi connectivity index (χ1v) is 6.88. The van der Waals surface area contributed by atoms with Gasteiger partial charge >= 0.3 is 0 Å². The van der Waals surface area contributed by atoms with E-state index < -0.39 is 0 Å². The second-order valence-corrected chi connectivity index (χ2v) is 4.91. The fourth-order valence-corrected chi connectivity index (χ4v) is 2.42. The molecule has 100 valence electrons. The topological polar surface area (TPSA) is 30.2 Å². The lowest BCUT2D eigenvalue weighted by Gasteiger charge is -2.00. The van der Waals surface area contributed by atoms with Crippen LogP contribution in [-0.4, -0.2) is 5.78 Å². The van der Waals surface area contributed by atoms with E-state index in [0.717, 1.165) is 23.6 Å². The minimum absolute atomic E-state index is 0.0853. The van der Waals surface area contributed by atoms with Crippen LogP contribution in [0.3, 0.4) is 0 Å². The molecule has 0 atom stereocenters. The maximum absolute atomic E-state index is 12.2. The van der Waals surface area contributed by atoms with E-state index in [1.54, 1.807) is 6.26 Å². The molecule has 0 fully saturated rings. The molecule has 0 saturated heterocycles. The second-order valence-electron chi connectivity index (χ2n) is 4.91. The quantitative estimate of drug-likeness (QED) is 0.628. The van der Waals surface area contributed by atoms with Gasteiger partial charge in [0.1, 0.15) is 0 Å². The average molecular weight is 264 g/mol. The maximum atomic E-state index is 12.2. The van der Waals surface area contributed by atoms with Gasteiger partial charge in [-0.3, -0.25) is 4.79 Å². The Kier molecular flexibility index (Phi) is 3.64. The van der Waals surface area contributed by atoms with Gasteiger partial charge in [0.15, 0.2) is 11.5 Å². The van der Waals surface area contributed by atoms with Gasteiger partial charge in [0.05, 0.1) is 6.26 Å². The van der Waals surface area contributed by atoms with Crippen LogP contribution in [0.1, 0.15) is 29.0 Å². The predicted molar refractivity (Wildman–Crippen MR) is 79.9 cm³/mol. The Morgan fingerprint density at radius 3 is 2.55 bits per heavy atom. The third-order valence-corrected chi connectivity index (χ3v) is 3.47. The van der Waals surface area contributed by atoms with E-state index in [-0.39, 0.29) is 5.78 Å². The monoisotopic (exact) mass is 264 g/mol. The number of furan rings is 1. The number of carbonyl (C=O) groups excluding carboxylic acids is 1. The lowest BCUT2D eigenvalue weighted by atomic mass is 10.0. The number of ketones is 1. The highest BCUT2D eigenvalue weighted by molar-refractivity contribution is 6.05. The Bertz CT molecular complexity index is 710. The summed E-state index contributed by atoms with van der Waals surface area (Å²) in [6.45, 7) is 0. The molecule has 0 saturated carbocycles. The molecule has 3 aromatic rings. The number of Topliss-reactive ketones (excluding diaryl/α,β-unsaturated/α-hetero) is 1. The van der Waals surface area contributed by atoms with Crippen molar-refractivity contribution in [1.82, 2.24) is 0 Å². The standard InChI is InChI=1S/C18H16O2/c19-17(12-6-9-14-7-2-1-3-8-14)18-16-11-5-4-10-15(16)13-20-18/h1-5,7-8,10-11,13H,6,9,12H2. The van der Waals surface area contributed by atoms with Gasteiger partial charge in [-0.15, -0.1) is 0 Å². The summed E-state index contributed by atoms with van der Waals surface area (Å²) in [6.07, 6.45) is 3.94. The minimum Gasteiger partial charge on any atom is -0.460 e. The molecule has 20 heavy (non-hydrogen) atoms. The minimum atomic E-state index is 0.0853. The molecule has 0 bridgehead atoms. The molecule has 0 aliphatic heterocycles. The Labute approximate surface area is 118 Å². The van der Waals surface area contributed by atoms with Crippen LogP contribution in [-0.2, 0) is 6.42 Å². The first-order chi connectivity index (χ1) is 9.84. The summed E-state index contributed by atoms with van der Waals surface area (Å²) in [5.74, 6) is 0.579. The van der Waals surface area contributed by atoms with Crippen molar-refractivity contribution < 1.29 is 9.21 Å². The van der Waals surface area contributed by atoms with Crippen molar-refractivity contribution in [2.45, 2.75) is 19.3 Å². The SMILES string of the molecule is O=C(CCCc1ccccc1)c1occ2ccccc12. The van der Waals surface area contributed by atoms with Crippen LogP contribution >= 0.6 is 0 Å². The summed E-state index contributed by atoms with van der Waals surface area (Å²) in [5.41, 5.74) is 1.27. The Hall–Kier alpha value is -2.35. The van der Waals surface area contributed by atoms with Gasteiger partial charge in [0, 0.05) is 17.2 Å². The molecule has 0 amide bonds. The smallest absolute Gasteiger partial charge is 0.198 e. The van der Waals surface area contributed by atoms with E-state index >= 15 is 0 Å². The molecule has 2 aromatic carbocycles. The Balaban J connectivity index is 1.65. The zero-order valence-electron chi connectivity index (χ0n) is 11.2. The predicted octanol–water partition coefficient (Wildman–Crippen LogP) is 4.64. The molecule has 1 heterocycles. The fraction of sp³-hybridized carbons (Fsp3) is 0.167. The fourth-order valence-electron chi connectivity index (χ4n) is 2.42. The van der Waals surface area contributed by atoms with E-state index in [2.05, 4.69) is 12.1 Å². The Morgan fingerprint density at radius 1 is 0.950 bits per heavy atom. The zero-order valence-corrected chi connectivity index (χ0v) is 11.2. The van der Waals surface area contributed by atoms with E-state index in [9.17, 15) is 4.79 Å². The summed E-state index contributed by atoms with van der Waals surface area (Å²) >= 11 is 0. The summed E-state index contributed by atoms with van der Waals surface area (Å²) in [4.78, 5) is 12.2. The van der Waals surface area contributed by atoms with Crippen molar-refractivity contribution in [1.29, 1.82) is 0 Å². The number of hydrogen-bond donors (Lipinski definition) is 0. The number of hydrogen-bond acceptors (Lipinski definition) is 2. The van der Waals surface area contributed by atoms with Crippen LogP contribution in [0.25, 0.3) is 10.8 Å². The summed E-state index contributed by atoms with van der Waals surface area (Å²) in [5, 5.41) is 1.90. The van der Waals surface area contributed by atoms with Crippen molar-refractivity contribution in [3.8, 4) is 0 Å². The zero-order chi connectivity index (χ0) is 13.8. The van der Waals surface area contributed by atoms with Gasteiger partial charge in [-0.2, -0.15) is 0 Å². The number of fused-ring (bicyclic) bond motifs is 1. The molecule has 0 N–H and O–H groups in total. The molecule has 2 heteroatoms. The van der Waals surface area contributed by atoms with Crippen molar-refractivity contribution in [2.24, 2.45) is 0 Å². The molecular weight excluding hydrogens is 248 g/mol. The highest BCUT2D eigenvalue weighted by Gasteiger charge is 2.13. The summed E-state index contributed by atoms with van der Waals surface area (Å²) < 4.78 is 5.43. The molecule has 2 nitrogen and oxygen atoms in total. The van der Waals surface area contributed by atoms with E-state index in [1.807, 2.05) is 42.5 Å². The first kappa shape index (κ1) is 12.7. The van der Waals surface area contributed by atoms with Gasteiger partial charge in [0.2, 0.25) is 0 Å². The van der Waals surface area contributed by atoms with Gasteiger partial charge in [-0.05, 0) is 18.4 Å². The molecule has 3 rings (SSSR count). The van der Waals surface area contributed by atoms with E-state index in [4.69, 9.17) is 4.42 Å². The molecule has 0 aliphatic rings. The third-order valence-electron chi connectivity index (χ3n) is 3.47. The molecule has 0 aliphatic carbocycles. The van der Waals surface area contributed by atoms with Gasteiger partial charge in [0.25, 0.3) is 0 Å². The number of carbonyl (C=O) groups is 1. The normalized spacial score (nSPS) is 10.8. The van der Waals surface area contributed by atoms with Crippen LogP contribution in [0.15, 0.2) is 65.3 Å². The van der Waals surface area contributed by atoms with Crippen LogP contribution < -0.4 is 0 Å². The van der Waals surface area contributed by atoms with Crippen LogP contribution in [0, 0.1) is 0 Å². The van der Waals surface area contributed by atoms with Crippen LogP contribution in [0.4, 0.5) is 0 Å². The van der Waals surface area contributed by atoms with Crippen molar-refractivity contribution in [2.75, 3.05) is 0 Å². The molecule has 0 spiro atoms. The maximum Gasteiger partial charge on any atom is 0.198 e. The van der Waals surface area contributed by atoms with Crippen molar-refractivity contribution in [3.05, 3.63) is 72.2 Å².